The molecule has 0 spiro atoms. The van der Waals surface area contributed by atoms with Gasteiger partial charge in [-0.05, 0) is 18.2 Å². The molecular formula is C13H10F3NO2. The number of pyridine rings is 1. The molecule has 19 heavy (non-hydrogen) atoms. The molecule has 0 radical (unpaired) electrons. The molecule has 0 fully saturated rings. The first-order valence-corrected chi connectivity index (χ1v) is 5.35. The van der Waals surface area contributed by atoms with E-state index in [-0.39, 0.29) is 5.88 Å². The maximum atomic E-state index is 12.4. The summed E-state index contributed by atoms with van der Waals surface area (Å²) in [6.07, 6.45) is -3.68. The second-order valence-corrected chi connectivity index (χ2v) is 3.64. The molecule has 1 aromatic carbocycles. The van der Waals surface area contributed by atoms with Crippen LogP contribution in [0.3, 0.4) is 0 Å². The molecule has 0 unspecified atom stereocenters. The molecule has 0 atom stereocenters. The Balaban J connectivity index is 2.20. The molecule has 0 saturated carbocycles. The van der Waals surface area contributed by atoms with E-state index >= 15 is 0 Å². The summed E-state index contributed by atoms with van der Waals surface area (Å²) in [6, 6.07) is 8.87. The molecule has 0 bridgehead atoms. The van der Waals surface area contributed by atoms with Crippen LogP contribution in [-0.2, 0) is 6.18 Å². The minimum Gasteiger partial charge on any atom is -0.493 e. The van der Waals surface area contributed by atoms with Gasteiger partial charge < -0.3 is 9.47 Å². The fraction of sp³-hybridized carbons (Fsp3) is 0.154. The van der Waals surface area contributed by atoms with Crippen molar-refractivity contribution in [2.24, 2.45) is 0 Å². The van der Waals surface area contributed by atoms with Gasteiger partial charge in [0.25, 0.3) is 0 Å². The van der Waals surface area contributed by atoms with Crippen molar-refractivity contribution in [2.75, 3.05) is 7.11 Å². The summed E-state index contributed by atoms with van der Waals surface area (Å²) in [7, 11) is 1.47. The lowest BCUT2D eigenvalue weighted by molar-refractivity contribution is -0.137. The van der Waals surface area contributed by atoms with Crippen molar-refractivity contribution in [1.29, 1.82) is 0 Å². The molecule has 3 nitrogen and oxygen atoms in total. The van der Waals surface area contributed by atoms with Gasteiger partial charge in [-0.15, -0.1) is 0 Å². The van der Waals surface area contributed by atoms with E-state index < -0.39 is 11.7 Å². The van der Waals surface area contributed by atoms with Crippen LogP contribution in [0.15, 0.2) is 42.6 Å². The first kappa shape index (κ1) is 13.2. The molecule has 0 aliphatic heterocycles. The normalized spacial score (nSPS) is 11.2. The number of rotatable bonds is 3. The van der Waals surface area contributed by atoms with E-state index in [4.69, 9.17) is 9.47 Å². The van der Waals surface area contributed by atoms with Gasteiger partial charge in [-0.25, -0.2) is 4.98 Å². The van der Waals surface area contributed by atoms with Crippen molar-refractivity contribution >= 4 is 0 Å². The molecule has 100 valence electrons. The van der Waals surface area contributed by atoms with Crippen molar-refractivity contribution in [2.45, 2.75) is 6.18 Å². The van der Waals surface area contributed by atoms with E-state index in [0.29, 0.717) is 11.5 Å². The van der Waals surface area contributed by atoms with E-state index in [1.165, 1.54) is 7.11 Å². The topological polar surface area (TPSA) is 31.4 Å². The first-order valence-electron chi connectivity index (χ1n) is 5.35. The molecule has 0 amide bonds. The van der Waals surface area contributed by atoms with Gasteiger partial charge in [0, 0.05) is 12.3 Å². The average Bonchev–Trinajstić information content (AvgIpc) is 2.39. The fourth-order valence-corrected chi connectivity index (χ4v) is 1.42. The zero-order valence-electron chi connectivity index (χ0n) is 9.94. The van der Waals surface area contributed by atoms with Crippen LogP contribution in [0.25, 0.3) is 0 Å². The molecule has 0 aliphatic carbocycles. The van der Waals surface area contributed by atoms with Gasteiger partial charge in [-0.1, -0.05) is 12.1 Å². The van der Waals surface area contributed by atoms with Crippen LogP contribution in [0.5, 0.6) is 17.4 Å². The van der Waals surface area contributed by atoms with Crippen LogP contribution in [0, 0.1) is 0 Å². The van der Waals surface area contributed by atoms with Gasteiger partial charge in [0.15, 0.2) is 11.5 Å². The van der Waals surface area contributed by atoms with Gasteiger partial charge in [-0.3, -0.25) is 0 Å². The number of nitrogens with zero attached hydrogens (tertiary/aromatic N) is 1. The van der Waals surface area contributed by atoms with E-state index in [2.05, 4.69) is 4.98 Å². The summed E-state index contributed by atoms with van der Waals surface area (Å²) in [5, 5.41) is 0. The Hall–Kier alpha value is -2.24. The SMILES string of the molecule is COc1ccccc1Oc1ccc(C(F)(F)F)cn1. The smallest absolute Gasteiger partial charge is 0.417 e. The molecule has 6 heteroatoms. The van der Waals surface area contributed by atoms with Crippen LogP contribution in [0.2, 0.25) is 0 Å². The Kier molecular flexibility index (Phi) is 3.59. The van der Waals surface area contributed by atoms with Gasteiger partial charge >= 0.3 is 6.18 Å². The zero-order chi connectivity index (χ0) is 13.9. The largest absolute Gasteiger partial charge is 0.493 e. The number of methoxy groups -OCH3 is 1. The van der Waals surface area contributed by atoms with Crippen molar-refractivity contribution in [3.05, 3.63) is 48.2 Å². The summed E-state index contributed by atoms with van der Waals surface area (Å²) < 4.78 is 47.5. The van der Waals surface area contributed by atoms with E-state index in [0.717, 1.165) is 18.3 Å². The summed E-state index contributed by atoms with van der Waals surface area (Å²) in [4.78, 5) is 3.62. The van der Waals surface area contributed by atoms with Gasteiger partial charge in [0.2, 0.25) is 5.88 Å². The molecule has 1 heterocycles. The predicted molar refractivity (Wildman–Crippen MR) is 62.3 cm³/mol. The number of alkyl halides is 3. The van der Waals surface area contributed by atoms with Crippen LogP contribution in [0.1, 0.15) is 5.56 Å². The number of hydrogen-bond acceptors (Lipinski definition) is 3. The highest BCUT2D eigenvalue weighted by Gasteiger charge is 2.30. The van der Waals surface area contributed by atoms with Crippen molar-refractivity contribution < 1.29 is 22.6 Å². The second-order valence-electron chi connectivity index (χ2n) is 3.64. The first-order chi connectivity index (χ1) is 9.00. The Morgan fingerprint density at radius 1 is 1.00 bits per heavy atom. The van der Waals surface area contributed by atoms with Crippen LogP contribution < -0.4 is 9.47 Å². The highest BCUT2D eigenvalue weighted by molar-refractivity contribution is 5.41. The Bertz CT molecular complexity index is 553. The second kappa shape index (κ2) is 5.17. The third-order valence-corrected chi connectivity index (χ3v) is 2.35. The Morgan fingerprint density at radius 2 is 1.68 bits per heavy atom. The molecule has 0 saturated heterocycles. The highest BCUT2D eigenvalue weighted by Crippen LogP contribution is 2.32. The van der Waals surface area contributed by atoms with Gasteiger partial charge in [0.05, 0.1) is 12.7 Å². The van der Waals surface area contributed by atoms with Crippen molar-refractivity contribution in [3.63, 3.8) is 0 Å². The summed E-state index contributed by atoms with van der Waals surface area (Å²) in [5.74, 6) is 0.930. The minimum atomic E-state index is -4.41. The summed E-state index contributed by atoms with van der Waals surface area (Å²) in [5.41, 5.74) is -0.820. The average molecular weight is 269 g/mol. The van der Waals surface area contributed by atoms with E-state index in [9.17, 15) is 13.2 Å². The summed E-state index contributed by atoms with van der Waals surface area (Å²) in [6.45, 7) is 0. The lowest BCUT2D eigenvalue weighted by Crippen LogP contribution is -2.05. The Labute approximate surface area is 107 Å². The standard InChI is InChI=1S/C13H10F3NO2/c1-18-10-4-2-3-5-11(10)19-12-7-6-9(8-17-12)13(14,15)16/h2-8H,1H3. The highest BCUT2D eigenvalue weighted by atomic mass is 19.4. The van der Waals surface area contributed by atoms with Crippen LogP contribution in [0.4, 0.5) is 13.2 Å². The number of halogens is 3. The van der Waals surface area contributed by atoms with Crippen molar-refractivity contribution in [3.8, 4) is 17.4 Å². The number of ether oxygens (including phenoxy) is 2. The molecule has 2 rings (SSSR count). The van der Waals surface area contributed by atoms with E-state index in [1.54, 1.807) is 24.3 Å². The van der Waals surface area contributed by atoms with E-state index in [1.807, 2.05) is 0 Å². The lowest BCUT2D eigenvalue weighted by Gasteiger charge is -2.10. The van der Waals surface area contributed by atoms with Crippen LogP contribution in [-0.4, -0.2) is 12.1 Å². The predicted octanol–water partition coefficient (Wildman–Crippen LogP) is 3.90. The maximum absolute atomic E-state index is 12.4. The number of benzene rings is 1. The lowest BCUT2D eigenvalue weighted by atomic mass is 10.3. The molecule has 2 aromatic rings. The quantitative estimate of drug-likeness (QED) is 0.846. The molecule has 0 N–H and O–H groups in total. The number of hydrogen-bond donors (Lipinski definition) is 0. The number of aromatic nitrogens is 1. The maximum Gasteiger partial charge on any atom is 0.417 e. The minimum absolute atomic E-state index is 0.0671. The molecule has 0 aliphatic rings. The van der Waals surface area contributed by atoms with Crippen LogP contribution >= 0.6 is 0 Å². The van der Waals surface area contributed by atoms with Gasteiger partial charge in [-0.2, -0.15) is 13.2 Å². The number of para-hydroxylation sites is 2. The monoisotopic (exact) mass is 269 g/mol. The zero-order valence-corrected chi connectivity index (χ0v) is 9.94. The molecule has 1 aromatic heterocycles. The van der Waals surface area contributed by atoms with Gasteiger partial charge in [0.1, 0.15) is 0 Å². The fourth-order valence-electron chi connectivity index (χ4n) is 1.42. The molecular weight excluding hydrogens is 259 g/mol. The summed E-state index contributed by atoms with van der Waals surface area (Å²) >= 11 is 0. The third kappa shape index (κ3) is 3.15. The third-order valence-electron chi connectivity index (χ3n) is 2.35. The Morgan fingerprint density at radius 3 is 2.21 bits per heavy atom. The van der Waals surface area contributed by atoms with Crippen molar-refractivity contribution in [1.82, 2.24) is 4.98 Å².